The van der Waals surface area contributed by atoms with Crippen molar-refractivity contribution in [2.45, 2.75) is 18.6 Å². The Bertz CT molecular complexity index is 759. The van der Waals surface area contributed by atoms with Gasteiger partial charge < -0.3 is 19.8 Å². The van der Waals surface area contributed by atoms with Crippen LogP contribution >= 0.6 is 0 Å². The highest BCUT2D eigenvalue weighted by molar-refractivity contribution is 7.91. The number of piperazine rings is 1. The number of ether oxygens (including phenoxy) is 1. The molecule has 1 aromatic heterocycles. The van der Waals surface area contributed by atoms with E-state index in [1.807, 2.05) is 4.90 Å². The molecule has 2 fully saturated rings. The minimum Gasteiger partial charge on any atom is -0.463 e. The topological polar surface area (TPSA) is 118 Å². The van der Waals surface area contributed by atoms with Crippen LogP contribution in [-0.2, 0) is 25.9 Å². The second-order valence-corrected chi connectivity index (χ2v) is 8.36. The van der Waals surface area contributed by atoms with Crippen molar-refractivity contribution in [3.8, 4) is 0 Å². The van der Waals surface area contributed by atoms with Crippen molar-refractivity contribution >= 4 is 21.7 Å². The second kappa shape index (κ2) is 7.14. The van der Waals surface area contributed by atoms with E-state index < -0.39 is 15.8 Å². The SMILES string of the molecule is COC(=O)c1ccc(CNC(=O)CN2CCN[C@@H]3CS(=O)(=O)C[C@@H]32)o1. The molecule has 0 aromatic carbocycles. The van der Waals surface area contributed by atoms with E-state index in [4.69, 9.17) is 4.42 Å². The number of hydrogen-bond acceptors (Lipinski definition) is 8. The van der Waals surface area contributed by atoms with Crippen LogP contribution < -0.4 is 10.6 Å². The van der Waals surface area contributed by atoms with Gasteiger partial charge >= 0.3 is 5.97 Å². The lowest BCUT2D eigenvalue weighted by Gasteiger charge is -2.36. The summed E-state index contributed by atoms with van der Waals surface area (Å²) in [6.07, 6.45) is 0. The summed E-state index contributed by atoms with van der Waals surface area (Å²) < 4.78 is 33.4. The number of carbonyl (C=O) groups excluding carboxylic acids is 2. The fourth-order valence-electron chi connectivity index (χ4n) is 3.25. The Labute approximate surface area is 145 Å². The molecule has 138 valence electrons. The van der Waals surface area contributed by atoms with E-state index in [-0.39, 0.29) is 48.3 Å². The molecule has 1 amide bonds. The zero-order valence-corrected chi connectivity index (χ0v) is 14.7. The first kappa shape index (κ1) is 17.9. The zero-order valence-electron chi connectivity index (χ0n) is 13.9. The minimum absolute atomic E-state index is 0.0767. The molecule has 2 saturated heterocycles. The molecule has 3 rings (SSSR count). The molecule has 0 bridgehead atoms. The summed E-state index contributed by atoms with van der Waals surface area (Å²) in [5, 5.41) is 5.93. The number of sulfone groups is 1. The van der Waals surface area contributed by atoms with Crippen LogP contribution in [0.5, 0.6) is 0 Å². The lowest BCUT2D eigenvalue weighted by Crippen LogP contribution is -2.59. The molecule has 2 aliphatic rings. The lowest BCUT2D eigenvalue weighted by molar-refractivity contribution is -0.123. The molecule has 2 atom stereocenters. The van der Waals surface area contributed by atoms with E-state index in [2.05, 4.69) is 15.4 Å². The van der Waals surface area contributed by atoms with Crippen LogP contribution in [-0.4, -0.2) is 75.5 Å². The molecule has 2 N–H and O–H groups in total. The quantitative estimate of drug-likeness (QED) is 0.617. The smallest absolute Gasteiger partial charge is 0.373 e. The van der Waals surface area contributed by atoms with Gasteiger partial charge in [-0.3, -0.25) is 9.69 Å². The first-order valence-corrected chi connectivity index (χ1v) is 9.81. The number of nitrogens with one attached hydrogen (secondary N) is 2. The fourth-order valence-corrected chi connectivity index (χ4v) is 5.24. The minimum atomic E-state index is -3.06. The van der Waals surface area contributed by atoms with Crippen molar-refractivity contribution < 1.29 is 27.2 Å². The number of nitrogens with zero attached hydrogens (tertiary/aromatic N) is 1. The highest BCUT2D eigenvalue weighted by Gasteiger charge is 2.43. The summed E-state index contributed by atoms with van der Waals surface area (Å²) >= 11 is 0. The Kier molecular flexibility index (Phi) is 5.11. The van der Waals surface area contributed by atoms with Gasteiger partial charge in [-0.05, 0) is 12.1 Å². The average molecular weight is 371 g/mol. The van der Waals surface area contributed by atoms with E-state index in [0.717, 1.165) is 0 Å². The monoisotopic (exact) mass is 371 g/mol. The highest BCUT2D eigenvalue weighted by Crippen LogP contribution is 2.20. The normalized spacial score (nSPS) is 25.3. The predicted molar refractivity (Wildman–Crippen MR) is 87.7 cm³/mol. The molecule has 0 radical (unpaired) electrons. The van der Waals surface area contributed by atoms with Crippen molar-refractivity contribution in [3.05, 3.63) is 23.7 Å². The van der Waals surface area contributed by atoms with Crippen LogP contribution in [0.3, 0.4) is 0 Å². The molecule has 3 heterocycles. The van der Waals surface area contributed by atoms with Crippen LogP contribution in [0.1, 0.15) is 16.3 Å². The summed E-state index contributed by atoms with van der Waals surface area (Å²) in [6.45, 7) is 1.55. The third-order valence-electron chi connectivity index (χ3n) is 4.45. The maximum atomic E-state index is 12.2. The number of hydrogen-bond donors (Lipinski definition) is 2. The number of rotatable bonds is 5. The van der Waals surface area contributed by atoms with Gasteiger partial charge in [-0.25, -0.2) is 13.2 Å². The number of carbonyl (C=O) groups is 2. The van der Waals surface area contributed by atoms with Gasteiger partial charge in [-0.2, -0.15) is 0 Å². The summed E-state index contributed by atoms with van der Waals surface area (Å²) in [7, 11) is -1.80. The van der Waals surface area contributed by atoms with Crippen LogP contribution in [0, 0.1) is 0 Å². The Morgan fingerprint density at radius 3 is 2.96 bits per heavy atom. The van der Waals surface area contributed by atoms with Gasteiger partial charge in [-0.15, -0.1) is 0 Å². The fraction of sp³-hybridized carbons (Fsp3) is 0.600. The number of methoxy groups -OCH3 is 1. The number of furan rings is 1. The lowest BCUT2D eigenvalue weighted by atomic mass is 10.1. The molecule has 9 nitrogen and oxygen atoms in total. The van der Waals surface area contributed by atoms with Crippen molar-refractivity contribution in [1.82, 2.24) is 15.5 Å². The summed E-state index contributed by atoms with van der Waals surface area (Å²) in [5.41, 5.74) is 0. The van der Waals surface area contributed by atoms with E-state index in [0.29, 0.717) is 18.8 Å². The van der Waals surface area contributed by atoms with Crippen LogP contribution in [0.2, 0.25) is 0 Å². The number of esters is 1. The van der Waals surface area contributed by atoms with Crippen molar-refractivity contribution in [2.24, 2.45) is 0 Å². The summed E-state index contributed by atoms with van der Waals surface area (Å²) in [5.74, 6) is -0.0759. The maximum Gasteiger partial charge on any atom is 0.373 e. The third-order valence-corrected chi connectivity index (χ3v) is 6.17. The molecule has 0 unspecified atom stereocenters. The Morgan fingerprint density at radius 2 is 2.20 bits per heavy atom. The van der Waals surface area contributed by atoms with Crippen molar-refractivity contribution in [2.75, 3.05) is 38.2 Å². The third kappa shape index (κ3) is 4.20. The van der Waals surface area contributed by atoms with Gasteiger partial charge in [0, 0.05) is 25.2 Å². The summed E-state index contributed by atoms with van der Waals surface area (Å²) in [6, 6.07) is 2.80. The van der Waals surface area contributed by atoms with Crippen LogP contribution in [0.15, 0.2) is 16.5 Å². The van der Waals surface area contributed by atoms with Gasteiger partial charge in [0.25, 0.3) is 0 Å². The largest absolute Gasteiger partial charge is 0.463 e. The van der Waals surface area contributed by atoms with E-state index >= 15 is 0 Å². The van der Waals surface area contributed by atoms with E-state index in [1.165, 1.54) is 13.2 Å². The Hall–Kier alpha value is -1.91. The highest BCUT2D eigenvalue weighted by atomic mass is 32.2. The molecule has 0 saturated carbocycles. The zero-order chi connectivity index (χ0) is 18.0. The van der Waals surface area contributed by atoms with Crippen molar-refractivity contribution in [1.29, 1.82) is 0 Å². The molecule has 0 spiro atoms. The second-order valence-electron chi connectivity index (χ2n) is 6.21. The molecule has 0 aliphatic carbocycles. The first-order chi connectivity index (χ1) is 11.9. The van der Waals surface area contributed by atoms with Gasteiger partial charge in [0.1, 0.15) is 5.76 Å². The van der Waals surface area contributed by atoms with Gasteiger partial charge in [0.2, 0.25) is 11.7 Å². The number of amides is 1. The van der Waals surface area contributed by atoms with Gasteiger partial charge in [-0.1, -0.05) is 0 Å². The Morgan fingerprint density at radius 1 is 1.40 bits per heavy atom. The van der Waals surface area contributed by atoms with Crippen LogP contribution in [0.25, 0.3) is 0 Å². The van der Waals surface area contributed by atoms with E-state index in [1.54, 1.807) is 6.07 Å². The molecule has 10 heteroatoms. The van der Waals surface area contributed by atoms with Gasteiger partial charge in [0.05, 0.1) is 31.7 Å². The molecule has 1 aromatic rings. The number of fused-ring (bicyclic) bond motifs is 1. The molecule has 25 heavy (non-hydrogen) atoms. The standard InChI is InChI=1S/C15H21N3O6S/c1-23-15(20)13-3-2-10(24-13)6-17-14(19)7-18-5-4-16-11-8-25(21,22)9-12(11)18/h2-3,11-12,16H,4-9H2,1H3,(H,17,19)/t11-,12+/m1/s1. The summed E-state index contributed by atoms with van der Waals surface area (Å²) in [4.78, 5) is 25.4. The molecular formula is C15H21N3O6S. The predicted octanol–water partition coefficient (Wildman–Crippen LogP) is -1.25. The molecule has 2 aliphatic heterocycles. The first-order valence-electron chi connectivity index (χ1n) is 7.99. The van der Waals surface area contributed by atoms with Crippen LogP contribution in [0.4, 0.5) is 0 Å². The average Bonchev–Trinajstić information content (AvgIpc) is 3.15. The van der Waals surface area contributed by atoms with Gasteiger partial charge in [0.15, 0.2) is 9.84 Å². The maximum absolute atomic E-state index is 12.2. The van der Waals surface area contributed by atoms with Crippen molar-refractivity contribution in [3.63, 3.8) is 0 Å². The Balaban J connectivity index is 1.52. The molecular weight excluding hydrogens is 350 g/mol. The van der Waals surface area contributed by atoms with E-state index in [9.17, 15) is 18.0 Å².